The van der Waals surface area contributed by atoms with Gasteiger partial charge in [0, 0.05) is 0 Å². The maximum absolute atomic E-state index is 2.47. The highest BCUT2D eigenvalue weighted by Crippen LogP contribution is 2.28. The Morgan fingerprint density at radius 2 is 2.20 bits per heavy atom. The molecule has 1 aliphatic rings. The third-order valence-corrected chi connectivity index (χ3v) is 3.12. The van der Waals surface area contributed by atoms with Gasteiger partial charge >= 0.3 is 0 Å². The van der Waals surface area contributed by atoms with E-state index in [4.69, 9.17) is 0 Å². The van der Waals surface area contributed by atoms with Crippen molar-refractivity contribution in [2.24, 2.45) is 5.92 Å². The van der Waals surface area contributed by atoms with E-state index >= 15 is 0 Å². The molecule has 0 amide bonds. The summed E-state index contributed by atoms with van der Waals surface area (Å²) in [6, 6.07) is 0. The monoisotopic (exact) mass is 204 g/mol. The Bertz CT molecular complexity index is 266. The van der Waals surface area contributed by atoms with Crippen molar-refractivity contribution in [3.05, 3.63) is 35.5 Å². The molecule has 0 aromatic heterocycles. The summed E-state index contributed by atoms with van der Waals surface area (Å²) in [5.74, 6) is 0.838. The minimum Gasteiger partial charge on any atom is -0.0845 e. The number of hydrogen-bond donors (Lipinski definition) is 0. The van der Waals surface area contributed by atoms with Crippen LogP contribution < -0.4 is 0 Å². The molecule has 0 bridgehead atoms. The van der Waals surface area contributed by atoms with Gasteiger partial charge < -0.3 is 0 Å². The molecule has 1 unspecified atom stereocenters. The normalized spacial score (nSPS) is 22.5. The lowest BCUT2D eigenvalue weighted by Gasteiger charge is -1.98. The largest absolute Gasteiger partial charge is 0.0845 e. The van der Waals surface area contributed by atoms with Crippen molar-refractivity contribution in [3.8, 4) is 0 Å². The highest BCUT2D eigenvalue weighted by atomic mass is 14.2. The van der Waals surface area contributed by atoms with Crippen molar-refractivity contribution < 1.29 is 0 Å². The van der Waals surface area contributed by atoms with Crippen LogP contribution in [0, 0.1) is 5.92 Å². The van der Waals surface area contributed by atoms with E-state index < -0.39 is 0 Å². The molecule has 1 aliphatic carbocycles. The first-order valence-electron chi connectivity index (χ1n) is 6.37. The fraction of sp³-hybridized carbons (Fsp3) is 0.600. The summed E-state index contributed by atoms with van der Waals surface area (Å²) in [7, 11) is 0. The first-order chi connectivity index (χ1) is 7.30. The van der Waals surface area contributed by atoms with Gasteiger partial charge in [-0.25, -0.2) is 0 Å². The lowest BCUT2D eigenvalue weighted by molar-refractivity contribution is 0.611. The fourth-order valence-electron chi connectivity index (χ4n) is 2.04. The van der Waals surface area contributed by atoms with E-state index in [1.54, 1.807) is 5.57 Å². The average molecular weight is 204 g/mol. The Morgan fingerprint density at radius 3 is 2.73 bits per heavy atom. The van der Waals surface area contributed by atoms with Crippen LogP contribution in [-0.2, 0) is 0 Å². The molecule has 0 saturated carbocycles. The van der Waals surface area contributed by atoms with Crippen LogP contribution in [0.2, 0.25) is 0 Å². The molecule has 0 aromatic rings. The van der Waals surface area contributed by atoms with Gasteiger partial charge in [-0.1, -0.05) is 50.6 Å². The number of allylic oxidation sites excluding steroid dienone is 6. The zero-order valence-corrected chi connectivity index (χ0v) is 10.4. The predicted octanol–water partition coefficient (Wildman–Crippen LogP) is 5.04. The minimum atomic E-state index is 0.838. The Balaban J connectivity index is 2.63. The van der Waals surface area contributed by atoms with E-state index in [0.29, 0.717) is 0 Å². The Labute approximate surface area is 94.8 Å². The summed E-state index contributed by atoms with van der Waals surface area (Å²) in [5.41, 5.74) is 3.03. The van der Waals surface area contributed by atoms with Crippen LogP contribution in [0.4, 0.5) is 0 Å². The highest BCUT2D eigenvalue weighted by molar-refractivity contribution is 5.32. The number of hydrogen-bond acceptors (Lipinski definition) is 0. The van der Waals surface area contributed by atoms with E-state index in [1.807, 2.05) is 0 Å². The first kappa shape index (κ1) is 12.3. The van der Waals surface area contributed by atoms with Crippen molar-refractivity contribution in [2.75, 3.05) is 0 Å². The van der Waals surface area contributed by atoms with E-state index in [2.05, 4.69) is 45.1 Å². The van der Waals surface area contributed by atoms with E-state index in [1.165, 1.54) is 24.8 Å². The molecule has 0 spiro atoms. The zero-order chi connectivity index (χ0) is 11.1. The molecule has 0 heterocycles. The summed E-state index contributed by atoms with van der Waals surface area (Å²) in [5, 5.41) is 0. The standard InChI is InChI=1S/C15H24/c1-4-7-8-13(5-2)11-15-10-9-14(6-3)12-15/h7-8,11-12,14H,4-6,9-10H2,1-3H3. The molecular formula is C15H24. The molecule has 0 radical (unpaired) electrons. The zero-order valence-electron chi connectivity index (χ0n) is 10.4. The first-order valence-corrected chi connectivity index (χ1v) is 6.37. The number of rotatable bonds is 5. The van der Waals surface area contributed by atoms with Gasteiger partial charge in [-0.2, -0.15) is 0 Å². The van der Waals surface area contributed by atoms with Gasteiger partial charge in [-0.3, -0.25) is 0 Å². The average Bonchev–Trinajstić information content (AvgIpc) is 2.71. The Morgan fingerprint density at radius 1 is 1.40 bits per heavy atom. The molecule has 0 heteroatoms. The topological polar surface area (TPSA) is 0 Å². The SMILES string of the molecule is CCC=CC(=CC1=CC(CC)CC1)CC. The van der Waals surface area contributed by atoms with Crippen LogP contribution in [0.1, 0.15) is 52.9 Å². The summed E-state index contributed by atoms with van der Waals surface area (Å²) in [6.45, 7) is 6.70. The Kier molecular flexibility index (Phi) is 5.45. The van der Waals surface area contributed by atoms with Crippen LogP contribution >= 0.6 is 0 Å². The molecule has 0 fully saturated rings. The van der Waals surface area contributed by atoms with Crippen molar-refractivity contribution in [1.82, 2.24) is 0 Å². The van der Waals surface area contributed by atoms with Gasteiger partial charge in [0.2, 0.25) is 0 Å². The van der Waals surface area contributed by atoms with Crippen molar-refractivity contribution in [2.45, 2.75) is 52.9 Å². The van der Waals surface area contributed by atoms with Crippen LogP contribution in [0.3, 0.4) is 0 Å². The molecule has 0 N–H and O–H groups in total. The molecular weight excluding hydrogens is 180 g/mol. The van der Waals surface area contributed by atoms with Gasteiger partial charge in [0.25, 0.3) is 0 Å². The minimum absolute atomic E-state index is 0.838. The van der Waals surface area contributed by atoms with Gasteiger partial charge in [-0.15, -0.1) is 0 Å². The lowest BCUT2D eigenvalue weighted by Crippen LogP contribution is -1.84. The Hall–Kier alpha value is -0.780. The maximum Gasteiger partial charge on any atom is -0.0227 e. The summed E-state index contributed by atoms with van der Waals surface area (Å²) >= 11 is 0. The van der Waals surface area contributed by atoms with Crippen molar-refractivity contribution >= 4 is 0 Å². The lowest BCUT2D eigenvalue weighted by atomic mass is 10.1. The summed E-state index contributed by atoms with van der Waals surface area (Å²) in [6.07, 6.45) is 15.6. The molecule has 0 aliphatic heterocycles. The molecule has 15 heavy (non-hydrogen) atoms. The quantitative estimate of drug-likeness (QED) is 0.551. The fourth-order valence-corrected chi connectivity index (χ4v) is 2.04. The molecule has 0 aromatic carbocycles. The third-order valence-electron chi connectivity index (χ3n) is 3.12. The smallest absolute Gasteiger partial charge is 0.0227 e. The van der Waals surface area contributed by atoms with Gasteiger partial charge in [0.1, 0.15) is 0 Å². The molecule has 1 rings (SSSR count). The summed E-state index contributed by atoms with van der Waals surface area (Å²) in [4.78, 5) is 0. The molecule has 1 atom stereocenters. The highest BCUT2D eigenvalue weighted by Gasteiger charge is 2.12. The third kappa shape index (κ3) is 4.07. The van der Waals surface area contributed by atoms with Crippen molar-refractivity contribution in [1.29, 1.82) is 0 Å². The second-order valence-electron chi connectivity index (χ2n) is 4.33. The van der Waals surface area contributed by atoms with Crippen LogP contribution in [0.5, 0.6) is 0 Å². The second-order valence-corrected chi connectivity index (χ2v) is 4.33. The molecule has 0 saturated heterocycles. The maximum atomic E-state index is 2.47. The predicted molar refractivity (Wildman–Crippen MR) is 68.9 cm³/mol. The van der Waals surface area contributed by atoms with Crippen LogP contribution in [-0.4, -0.2) is 0 Å². The molecule has 0 nitrogen and oxygen atoms in total. The second kappa shape index (κ2) is 6.66. The van der Waals surface area contributed by atoms with E-state index in [9.17, 15) is 0 Å². The van der Waals surface area contributed by atoms with Crippen LogP contribution in [0.25, 0.3) is 0 Å². The molecule has 84 valence electrons. The van der Waals surface area contributed by atoms with Crippen LogP contribution in [0.15, 0.2) is 35.5 Å². The van der Waals surface area contributed by atoms with Gasteiger partial charge in [-0.05, 0) is 43.6 Å². The van der Waals surface area contributed by atoms with Crippen molar-refractivity contribution in [3.63, 3.8) is 0 Å². The van der Waals surface area contributed by atoms with Gasteiger partial charge in [0.15, 0.2) is 0 Å². The van der Waals surface area contributed by atoms with E-state index in [0.717, 1.165) is 18.8 Å². The summed E-state index contributed by atoms with van der Waals surface area (Å²) < 4.78 is 0. The van der Waals surface area contributed by atoms with E-state index in [-0.39, 0.29) is 0 Å². The van der Waals surface area contributed by atoms with Gasteiger partial charge in [0.05, 0.1) is 0 Å².